The molecule has 0 aliphatic carbocycles. The monoisotopic (exact) mass is 258 g/mol. The van der Waals surface area contributed by atoms with Gasteiger partial charge in [-0.3, -0.25) is 9.69 Å². The van der Waals surface area contributed by atoms with Crippen molar-refractivity contribution in [1.82, 2.24) is 9.80 Å². The molecule has 0 N–H and O–H groups in total. The van der Waals surface area contributed by atoms with E-state index in [1.807, 2.05) is 0 Å². The van der Waals surface area contributed by atoms with Gasteiger partial charge in [-0.1, -0.05) is 6.92 Å². The molecular weight excluding hydrogens is 232 g/mol. The van der Waals surface area contributed by atoms with Crippen molar-refractivity contribution in [3.05, 3.63) is 0 Å². The number of hydrogen-bond donors (Lipinski definition) is 0. The summed E-state index contributed by atoms with van der Waals surface area (Å²) in [6, 6.07) is 0. The van der Waals surface area contributed by atoms with E-state index in [2.05, 4.69) is 25.7 Å². The second-order valence-corrected chi connectivity index (χ2v) is 5.63. The fourth-order valence-corrected chi connectivity index (χ4v) is 2.15. The fraction of sp³-hybridized carbons (Fsp3) is 0.923. The third-order valence-electron chi connectivity index (χ3n) is 3.03. The molecule has 0 aromatic carbocycles. The predicted octanol–water partition coefficient (Wildman–Crippen LogP) is 0.591. The summed E-state index contributed by atoms with van der Waals surface area (Å²) in [5.74, 6) is -0.0163. The summed E-state index contributed by atoms with van der Waals surface area (Å²) in [7, 11) is 3.45. The zero-order valence-electron chi connectivity index (χ0n) is 12.2. The average molecular weight is 258 g/mol. The van der Waals surface area contributed by atoms with Gasteiger partial charge in [-0.25, -0.2) is 0 Å². The van der Waals surface area contributed by atoms with Crippen LogP contribution in [0.1, 0.15) is 20.8 Å². The van der Waals surface area contributed by atoms with Gasteiger partial charge in [0.1, 0.15) is 6.61 Å². The van der Waals surface area contributed by atoms with E-state index in [1.165, 1.54) is 4.90 Å². The molecule has 106 valence electrons. The molecular formula is C13H26N2O3. The topological polar surface area (TPSA) is 42.0 Å². The SMILES string of the molecule is CCN1C[C@@H](COCC(=O)N(C)C)OC(C)(C)C1. The minimum atomic E-state index is -0.145. The third kappa shape index (κ3) is 4.92. The number of rotatable bonds is 5. The Kier molecular flexibility index (Phi) is 5.56. The quantitative estimate of drug-likeness (QED) is 0.724. The highest BCUT2D eigenvalue weighted by molar-refractivity contribution is 5.76. The molecule has 0 spiro atoms. The minimum absolute atomic E-state index is 0.0163. The Balaban J connectivity index is 2.35. The first-order valence-corrected chi connectivity index (χ1v) is 6.52. The van der Waals surface area contributed by atoms with E-state index in [-0.39, 0.29) is 24.2 Å². The molecule has 1 aliphatic rings. The number of carbonyl (C=O) groups is 1. The van der Waals surface area contributed by atoms with Gasteiger partial charge in [0.25, 0.3) is 0 Å². The van der Waals surface area contributed by atoms with Gasteiger partial charge in [0.2, 0.25) is 5.91 Å². The first-order valence-electron chi connectivity index (χ1n) is 6.52. The normalized spacial score (nSPS) is 23.9. The van der Waals surface area contributed by atoms with E-state index in [0.29, 0.717) is 6.61 Å². The summed E-state index contributed by atoms with van der Waals surface area (Å²) >= 11 is 0. The number of ether oxygens (including phenoxy) is 2. The highest BCUT2D eigenvalue weighted by Gasteiger charge is 2.32. The van der Waals surface area contributed by atoms with Crippen LogP contribution in [0.3, 0.4) is 0 Å². The summed E-state index contributed by atoms with van der Waals surface area (Å²) in [6.45, 7) is 9.75. The lowest BCUT2D eigenvalue weighted by Crippen LogP contribution is -2.53. The molecule has 0 aromatic rings. The van der Waals surface area contributed by atoms with Gasteiger partial charge in [-0.2, -0.15) is 0 Å². The summed E-state index contributed by atoms with van der Waals surface area (Å²) in [5, 5.41) is 0. The number of likely N-dealkylation sites (N-methyl/N-ethyl adjacent to an activating group) is 2. The van der Waals surface area contributed by atoms with Crippen LogP contribution in [-0.2, 0) is 14.3 Å². The molecule has 0 aromatic heterocycles. The molecule has 1 fully saturated rings. The van der Waals surface area contributed by atoms with Crippen molar-refractivity contribution >= 4 is 5.91 Å². The third-order valence-corrected chi connectivity index (χ3v) is 3.03. The molecule has 1 heterocycles. The largest absolute Gasteiger partial charge is 0.369 e. The predicted molar refractivity (Wildman–Crippen MR) is 70.6 cm³/mol. The maximum absolute atomic E-state index is 11.4. The number of amides is 1. The molecule has 1 amide bonds. The highest BCUT2D eigenvalue weighted by atomic mass is 16.5. The maximum atomic E-state index is 11.4. The van der Waals surface area contributed by atoms with Crippen molar-refractivity contribution in [2.24, 2.45) is 0 Å². The Hall–Kier alpha value is -0.650. The molecule has 5 nitrogen and oxygen atoms in total. The molecule has 18 heavy (non-hydrogen) atoms. The Morgan fingerprint density at radius 1 is 1.50 bits per heavy atom. The lowest BCUT2D eigenvalue weighted by molar-refractivity contribution is -0.159. The van der Waals surface area contributed by atoms with Crippen LogP contribution in [0, 0.1) is 0 Å². The van der Waals surface area contributed by atoms with Gasteiger partial charge in [0, 0.05) is 27.2 Å². The van der Waals surface area contributed by atoms with E-state index >= 15 is 0 Å². The van der Waals surface area contributed by atoms with Gasteiger partial charge in [0.15, 0.2) is 0 Å². The van der Waals surface area contributed by atoms with Gasteiger partial charge in [0.05, 0.1) is 18.3 Å². The van der Waals surface area contributed by atoms with Gasteiger partial charge < -0.3 is 14.4 Å². The van der Waals surface area contributed by atoms with Crippen LogP contribution in [0.4, 0.5) is 0 Å². The molecule has 1 saturated heterocycles. The summed E-state index contributed by atoms with van der Waals surface area (Å²) in [6.07, 6.45) is 0.0451. The van der Waals surface area contributed by atoms with E-state index in [4.69, 9.17) is 9.47 Å². The molecule has 5 heteroatoms. The number of carbonyl (C=O) groups excluding carboxylic acids is 1. The van der Waals surface area contributed by atoms with Crippen molar-refractivity contribution in [2.75, 3.05) is 46.9 Å². The van der Waals surface area contributed by atoms with E-state index < -0.39 is 0 Å². The molecule has 0 radical (unpaired) electrons. The lowest BCUT2D eigenvalue weighted by Gasteiger charge is -2.42. The molecule has 0 bridgehead atoms. The number of nitrogens with zero attached hydrogens (tertiary/aromatic N) is 2. The maximum Gasteiger partial charge on any atom is 0.248 e. The van der Waals surface area contributed by atoms with Gasteiger partial charge in [-0.15, -0.1) is 0 Å². The molecule has 0 saturated carbocycles. The Morgan fingerprint density at radius 2 is 2.17 bits per heavy atom. The average Bonchev–Trinajstić information content (AvgIpc) is 2.26. The lowest BCUT2D eigenvalue weighted by atomic mass is 10.1. The Bertz CT molecular complexity index is 279. The van der Waals surface area contributed by atoms with Crippen molar-refractivity contribution in [3.8, 4) is 0 Å². The van der Waals surface area contributed by atoms with Crippen molar-refractivity contribution in [3.63, 3.8) is 0 Å². The van der Waals surface area contributed by atoms with Crippen molar-refractivity contribution in [2.45, 2.75) is 32.5 Å². The standard InChI is InChI=1S/C13H26N2O3/c1-6-15-7-11(18-13(2,3)10-15)8-17-9-12(16)14(4)5/h11H,6-10H2,1-5H3/t11-/m0/s1. The van der Waals surface area contributed by atoms with Crippen LogP contribution >= 0.6 is 0 Å². The summed E-state index contributed by atoms with van der Waals surface area (Å²) < 4.78 is 11.4. The molecule has 0 unspecified atom stereocenters. The molecule has 1 aliphatic heterocycles. The first kappa shape index (κ1) is 15.4. The van der Waals surface area contributed by atoms with Crippen LogP contribution in [0.2, 0.25) is 0 Å². The smallest absolute Gasteiger partial charge is 0.248 e. The van der Waals surface area contributed by atoms with Crippen LogP contribution in [0.15, 0.2) is 0 Å². The van der Waals surface area contributed by atoms with Crippen LogP contribution in [0.5, 0.6) is 0 Å². The minimum Gasteiger partial charge on any atom is -0.369 e. The van der Waals surface area contributed by atoms with Crippen LogP contribution in [-0.4, -0.2) is 74.4 Å². The fourth-order valence-electron chi connectivity index (χ4n) is 2.15. The second kappa shape index (κ2) is 6.50. The van der Waals surface area contributed by atoms with Crippen LogP contribution in [0.25, 0.3) is 0 Å². The zero-order chi connectivity index (χ0) is 13.8. The first-order chi connectivity index (χ1) is 8.34. The van der Waals surface area contributed by atoms with Gasteiger partial charge in [-0.05, 0) is 20.4 Å². The highest BCUT2D eigenvalue weighted by Crippen LogP contribution is 2.20. The second-order valence-electron chi connectivity index (χ2n) is 5.63. The number of hydrogen-bond acceptors (Lipinski definition) is 4. The van der Waals surface area contributed by atoms with Gasteiger partial charge >= 0.3 is 0 Å². The summed E-state index contributed by atoms with van der Waals surface area (Å²) in [5.41, 5.74) is -0.145. The van der Waals surface area contributed by atoms with E-state index in [0.717, 1.165) is 19.6 Å². The van der Waals surface area contributed by atoms with E-state index in [1.54, 1.807) is 14.1 Å². The zero-order valence-corrected chi connectivity index (χ0v) is 12.2. The van der Waals surface area contributed by atoms with Crippen molar-refractivity contribution < 1.29 is 14.3 Å². The summed E-state index contributed by atoms with van der Waals surface area (Å²) in [4.78, 5) is 15.3. The van der Waals surface area contributed by atoms with E-state index in [9.17, 15) is 4.79 Å². The number of morpholine rings is 1. The molecule has 1 atom stereocenters. The Labute approximate surface area is 110 Å². The molecule has 1 rings (SSSR count). The van der Waals surface area contributed by atoms with Crippen molar-refractivity contribution in [1.29, 1.82) is 0 Å². The Morgan fingerprint density at radius 3 is 2.72 bits per heavy atom. The van der Waals surface area contributed by atoms with Crippen LogP contribution < -0.4 is 0 Å².